The molecule has 0 aromatic carbocycles. The van der Waals surface area contributed by atoms with E-state index in [2.05, 4.69) is 15.0 Å². The van der Waals surface area contributed by atoms with Gasteiger partial charge in [-0.3, -0.25) is 4.79 Å². The molecule has 0 N–H and O–H groups in total. The van der Waals surface area contributed by atoms with E-state index in [0.29, 0.717) is 24.6 Å². The SMILES string of the molecule is C[C@@H]1c2nc(C3CC3)nn2CCN1C(=O)c1ccc(N2CCOCC2)nc1. The van der Waals surface area contributed by atoms with Crippen molar-refractivity contribution in [2.75, 3.05) is 37.7 Å². The van der Waals surface area contributed by atoms with Crippen molar-refractivity contribution in [2.24, 2.45) is 0 Å². The van der Waals surface area contributed by atoms with Gasteiger partial charge >= 0.3 is 0 Å². The number of hydrogen-bond donors (Lipinski definition) is 0. The molecule has 3 aliphatic rings. The van der Waals surface area contributed by atoms with Crippen molar-refractivity contribution < 1.29 is 9.53 Å². The summed E-state index contributed by atoms with van der Waals surface area (Å²) in [5, 5.41) is 4.63. The van der Waals surface area contributed by atoms with Crippen LogP contribution in [-0.4, -0.2) is 63.4 Å². The first-order chi connectivity index (χ1) is 13.2. The quantitative estimate of drug-likeness (QED) is 0.819. The molecular formula is C19H24N6O2. The third-order valence-electron chi connectivity index (χ3n) is 5.64. The minimum atomic E-state index is -0.0785. The third kappa shape index (κ3) is 3.07. The number of rotatable bonds is 3. The Morgan fingerprint density at radius 1 is 1.15 bits per heavy atom. The third-order valence-corrected chi connectivity index (χ3v) is 5.64. The second-order valence-electron chi connectivity index (χ2n) is 7.50. The molecule has 142 valence electrons. The molecule has 4 heterocycles. The van der Waals surface area contributed by atoms with Crippen molar-refractivity contribution in [3.63, 3.8) is 0 Å². The second-order valence-corrected chi connectivity index (χ2v) is 7.50. The van der Waals surface area contributed by atoms with Crippen molar-refractivity contribution >= 4 is 11.7 Å². The standard InChI is InChI=1S/C19H24N6O2/c1-13-18-21-17(14-2-3-14)22-25(18)7-6-24(13)19(26)15-4-5-16(20-12-15)23-8-10-27-11-9-23/h4-5,12-14H,2-3,6-11H2,1H3/t13-/m1/s1. The lowest BCUT2D eigenvalue weighted by Gasteiger charge is -2.33. The summed E-state index contributed by atoms with van der Waals surface area (Å²) in [7, 11) is 0. The summed E-state index contributed by atoms with van der Waals surface area (Å²) in [4.78, 5) is 26.4. The van der Waals surface area contributed by atoms with Gasteiger partial charge in [0.15, 0.2) is 5.82 Å². The Balaban J connectivity index is 1.32. The maximum Gasteiger partial charge on any atom is 0.256 e. The molecule has 2 fully saturated rings. The van der Waals surface area contributed by atoms with E-state index in [1.165, 1.54) is 12.8 Å². The van der Waals surface area contributed by atoms with Crippen LogP contribution in [0.15, 0.2) is 18.3 Å². The van der Waals surface area contributed by atoms with Crippen molar-refractivity contribution in [1.82, 2.24) is 24.6 Å². The maximum absolute atomic E-state index is 13.1. The molecular weight excluding hydrogens is 344 g/mol. The van der Waals surface area contributed by atoms with Gasteiger partial charge in [0.25, 0.3) is 5.91 Å². The van der Waals surface area contributed by atoms with Crippen molar-refractivity contribution in [2.45, 2.75) is 38.3 Å². The predicted molar refractivity (Wildman–Crippen MR) is 98.7 cm³/mol. The zero-order valence-corrected chi connectivity index (χ0v) is 15.5. The van der Waals surface area contributed by atoms with E-state index >= 15 is 0 Å². The number of aromatic nitrogens is 4. The first-order valence-corrected chi connectivity index (χ1v) is 9.75. The molecule has 0 bridgehead atoms. The van der Waals surface area contributed by atoms with Gasteiger partial charge in [-0.25, -0.2) is 14.6 Å². The molecule has 1 saturated carbocycles. The average Bonchev–Trinajstić information content (AvgIpc) is 3.48. The van der Waals surface area contributed by atoms with Crippen LogP contribution >= 0.6 is 0 Å². The number of nitrogens with zero attached hydrogens (tertiary/aromatic N) is 6. The first kappa shape index (κ1) is 16.7. The molecule has 0 unspecified atom stereocenters. The van der Waals surface area contributed by atoms with Crippen LogP contribution in [0.1, 0.15) is 53.7 Å². The maximum atomic E-state index is 13.1. The van der Waals surface area contributed by atoms with Gasteiger partial charge in [-0.1, -0.05) is 0 Å². The van der Waals surface area contributed by atoms with Crippen LogP contribution in [0.25, 0.3) is 0 Å². The summed E-state index contributed by atoms with van der Waals surface area (Å²) >= 11 is 0. The number of fused-ring (bicyclic) bond motifs is 1. The van der Waals surface area contributed by atoms with Crippen LogP contribution in [0.3, 0.4) is 0 Å². The Morgan fingerprint density at radius 3 is 2.67 bits per heavy atom. The minimum absolute atomic E-state index is 0.00532. The smallest absolute Gasteiger partial charge is 0.256 e. The zero-order valence-electron chi connectivity index (χ0n) is 15.5. The lowest BCUT2D eigenvalue weighted by Crippen LogP contribution is -2.41. The van der Waals surface area contributed by atoms with Gasteiger partial charge in [0.1, 0.15) is 11.6 Å². The van der Waals surface area contributed by atoms with Crippen molar-refractivity contribution in [1.29, 1.82) is 0 Å². The lowest BCUT2D eigenvalue weighted by molar-refractivity contribution is 0.0630. The Kier molecular flexibility index (Phi) is 4.07. The van der Waals surface area contributed by atoms with E-state index in [-0.39, 0.29) is 11.9 Å². The summed E-state index contributed by atoms with van der Waals surface area (Å²) in [6, 6.07) is 3.73. The van der Waals surface area contributed by atoms with Crippen molar-refractivity contribution in [3.8, 4) is 0 Å². The Bertz CT molecular complexity index is 838. The highest BCUT2D eigenvalue weighted by atomic mass is 16.5. The van der Waals surface area contributed by atoms with Crippen molar-refractivity contribution in [3.05, 3.63) is 35.5 Å². The van der Waals surface area contributed by atoms with E-state index < -0.39 is 0 Å². The van der Waals surface area contributed by atoms with E-state index in [4.69, 9.17) is 9.72 Å². The molecule has 8 heteroatoms. The number of anilines is 1. The van der Waals surface area contributed by atoms with Gasteiger partial charge in [0, 0.05) is 31.7 Å². The molecule has 1 aliphatic carbocycles. The molecule has 1 saturated heterocycles. The Hall–Kier alpha value is -2.48. The van der Waals surface area contributed by atoms with E-state index in [1.807, 2.05) is 28.6 Å². The van der Waals surface area contributed by atoms with E-state index in [9.17, 15) is 4.79 Å². The fraction of sp³-hybridized carbons (Fsp3) is 0.579. The van der Waals surface area contributed by atoms with Crippen LogP contribution < -0.4 is 4.90 Å². The first-order valence-electron chi connectivity index (χ1n) is 9.75. The van der Waals surface area contributed by atoms with Crippen LogP contribution in [0.4, 0.5) is 5.82 Å². The minimum Gasteiger partial charge on any atom is -0.378 e. The fourth-order valence-electron chi connectivity index (χ4n) is 3.83. The predicted octanol–water partition coefficient (Wildman–Crippen LogP) is 1.60. The number of pyridine rings is 1. The molecule has 1 amide bonds. The number of hydrogen-bond acceptors (Lipinski definition) is 6. The molecule has 1 atom stereocenters. The molecule has 27 heavy (non-hydrogen) atoms. The number of carbonyl (C=O) groups excluding carboxylic acids is 1. The number of ether oxygens (including phenoxy) is 1. The molecule has 2 aromatic heterocycles. The van der Waals surface area contributed by atoms with Gasteiger partial charge in [-0.05, 0) is 31.9 Å². The van der Waals surface area contributed by atoms with Gasteiger partial charge < -0.3 is 14.5 Å². The highest BCUT2D eigenvalue weighted by Gasteiger charge is 2.35. The van der Waals surface area contributed by atoms with Crippen LogP contribution in [0, 0.1) is 0 Å². The monoisotopic (exact) mass is 368 g/mol. The van der Waals surface area contributed by atoms with Gasteiger partial charge in [-0.2, -0.15) is 5.10 Å². The molecule has 0 spiro atoms. The average molecular weight is 368 g/mol. The van der Waals surface area contributed by atoms with Gasteiger partial charge in [0.2, 0.25) is 0 Å². The molecule has 2 aliphatic heterocycles. The molecule has 8 nitrogen and oxygen atoms in total. The summed E-state index contributed by atoms with van der Waals surface area (Å²) in [6.07, 6.45) is 4.05. The summed E-state index contributed by atoms with van der Waals surface area (Å²) in [5.41, 5.74) is 0.620. The van der Waals surface area contributed by atoms with Crippen LogP contribution in [0.2, 0.25) is 0 Å². The van der Waals surface area contributed by atoms with E-state index in [1.54, 1.807) is 6.20 Å². The number of morpholine rings is 1. The number of carbonyl (C=O) groups is 1. The van der Waals surface area contributed by atoms with Gasteiger partial charge in [0.05, 0.1) is 31.4 Å². The largest absolute Gasteiger partial charge is 0.378 e. The van der Waals surface area contributed by atoms with Crippen LogP contribution in [-0.2, 0) is 11.3 Å². The zero-order chi connectivity index (χ0) is 18.4. The highest BCUT2D eigenvalue weighted by molar-refractivity contribution is 5.94. The fourth-order valence-corrected chi connectivity index (χ4v) is 3.83. The molecule has 2 aromatic rings. The normalized spacial score (nSPS) is 22.6. The Morgan fingerprint density at radius 2 is 1.96 bits per heavy atom. The lowest BCUT2D eigenvalue weighted by atomic mass is 10.1. The number of amides is 1. The van der Waals surface area contributed by atoms with Gasteiger partial charge in [-0.15, -0.1) is 0 Å². The summed E-state index contributed by atoms with van der Waals surface area (Å²) in [6.45, 7) is 6.49. The molecule has 5 rings (SSSR count). The second kappa shape index (κ2) is 6.60. The topological polar surface area (TPSA) is 76.4 Å². The highest BCUT2D eigenvalue weighted by Crippen LogP contribution is 2.39. The Labute approximate surface area is 158 Å². The summed E-state index contributed by atoms with van der Waals surface area (Å²) < 4.78 is 7.35. The van der Waals surface area contributed by atoms with E-state index in [0.717, 1.165) is 43.8 Å². The molecule has 0 radical (unpaired) electrons. The summed E-state index contributed by atoms with van der Waals surface area (Å²) in [5.74, 6) is 3.27. The van der Waals surface area contributed by atoms with Crippen LogP contribution in [0.5, 0.6) is 0 Å².